The summed E-state index contributed by atoms with van der Waals surface area (Å²) >= 11 is 0. The van der Waals surface area contributed by atoms with Crippen molar-refractivity contribution in [3.05, 3.63) is 60.2 Å². The Morgan fingerprint density at radius 3 is 2.35 bits per heavy atom. The lowest BCUT2D eigenvalue weighted by molar-refractivity contribution is 0.175. The Bertz CT molecular complexity index is 612. The lowest BCUT2D eigenvalue weighted by Gasteiger charge is -2.14. The van der Waals surface area contributed by atoms with Crippen LogP contribution in [-0.4, -0.2) is 23.8 Å². The van der Waals surface area contributed by atoms with Crippen molar-refractivity contribution >= 4 is 11.7 Å². The number of ether oxygens (including phenoxy) is 1. The Hall–Kier alpha value is -2.53. The molecule has 0 saturated carbocycles. The predicted molar refractivity (Wildman–Crippen MR) is 90.6 cm³/mol. The van der Waals surface area contributed by atoms with Crippen molar-refractivity contribution in [3.8, 4) is 5.75 Å². The molecule has 0 spiro atoms. The molecular weight excluding hydrogens is 292 g/mol. The number of amides is 2. The molecule has 122 valence electrons. The average Bonchev–Trinajstić information content (AvgIpc) is 2.54. The monoisotopic (exact) mass is 314 g/mol. The fourth-order valence-corrected chi connectivity index (χ4v) is 2.04. The average molecular weight is 314 g/mol. The molecule has 1 atom stereocenters. The first-order valence-electron chi connectivity index (χ1n) is 7.59. The number of aliphatic hydroxyl groups is 1. The second-order valence-electron chi connectivity index (χ2n) is 5.45. The van der Waals surface area contributed by atoms with Crippen LogP contribution in [0.3, 0.4) is 0 Å². The molecule has 0 aromatic heterocycles. The second-order valence-corrected chi connectivity index (χ2v) is 5.45. The van der Waals surface area contributed by atoms with Gasteiger partial charge < -0.3 is 20.5 Å². The number of aliphatic hydroxyl groups excluding tert-OH is 1. The summed E-state index contributed by atoms with van der Waals surface area (Å²) in [6.07, 6.45) is -0.668. The highest BCUT2D eigenvalue weighted by molar-refractivity contribution is 5.89. The molecule has 0 radical (unpaired) electrons. The van der Waals surface area contributed by atoms with E-state index in [2.05, 4.69) is 10.6 Å². The van der Waals surface area contributed by atoms with Crippen LogP contribution in [0, 0.1) is 0 Å². The minimum atomic E-state index is -0.773. The van der Waals surface area contributed by atoms with Crippen LogP contribution >= 0.6 is 0 Å². The predicted octanol–water partition coefficient (Wildman–Crippen LogP) is 3.33. The van der Waals surface area contributed by atoms with Gasteiger partial charge in [-0.1, -0.05) is 30.3 Å². The third-order valence-corrected chi connectivity index (χ3v) is 3.12. The SMILES string of the molecule is CC(C)Oc1ccc(C(O)CNC(=O)Nc2ccccc2)cc1. The maximum absolute atomic E-state index is 11.8. The van der Waals surface area contributed by atoms with Crippen LogP contribution in [0.4, 0.5) is 10.5 Å². The topological polar surface area (TPSA) is 70.6 Å². The number of para-hydroxylation sites is 1. The molecule has 3 N–H and O–H groups in total. The highest BCUT2D eigenvalue weighted by Gasteiger charge is 2.10. The molecule has 23 heavy (non-hydrogen) atoms. The van der Waals surface area contributed by atoms with E-state index in [1.54, 1.807) is 24.3 Å². The van der Waals surface area contributed by atoms with Crippen molar-refractivity contribution < 1.29 is 14.6 Å². The smallest absolute Gasteiger partial charge is 0.319 e. The maximum Gasteiger partial charge on any atom is 0.319 e. The number of nitrogens with one attached hydrogen (secondary N) is 2. The summed E-state index contributed by atoms with van der Waals surface area (Å²) in [5, 5.41) is 15.5. The molecule has 0 bridgehead atoms. The van der Waals surface area contributed by atoms with Gasteiger partial charge in [-0.2, -0.15) is 0 Å². The van der Waals surface area contributed by atoms with Crippen molar-refractivity contribution in [1.29, 1.82) is 0 Å². The molecule has 2 aromatic carbocycles. The van der Waals surface area contributed by atoms with Gasteiger partial charge in [-0.15, -0.1) is 0 Å². The number of urea groups is 1. The molecule has 2 rings (SSSR count). The molecule has 0 aliphatic carbocycles. The van der Waals surface area contributed by atoms with Gasteiger partial charge in [0.2, 0.25) is 0 Å². The number of benzene rings is 2. The molecule has 2 aromatic rings. The Morgan fingerprint density at radius 1 is 1.09 bits per heavy atom. The molecule has 0 aliphatic heterocycles. The number of hydrogen-bond donors (Lipinski definition) is 3. The molecule has 0 fully saturated rings. The van der Waals surface area contributed by atoms with Gasteiger partial charge >= 0.3 is 6.03 Å². The van der Waals surface area contributed by atoms with Crippen LogP contribution in [0.25, 0.3) is 0 Å². The van der Waals surface area contributed by atoms with Crippen molar-refractivity contribution in [3.63, 3.8) is 0 Å². The molecule has 2 amide bonds. The van der Waals surface area contributed by atoms with Gasteiger partial charge in [-0.25, -0.2) is 4.79 Å². The van der Waals surface area contributed by atoms with Crippen LogP contribution in [0.15, 0.2) is 54.6 Å². The standard InChI is InChI=1S/C18H22N2O3/c1-13(2)23-16-10-8-14(9-11-16)17(21)12-19-18(22)20-15-6-4-3-5-7-15/h3-11,13,17,21H,12H2,1-2H3,(H2,19,20,22). The highest BCUT2D eigenvalue weighted by Crippen LogP contribution is 2.18. The number of anilines is 1. The maximum atomic E-state index is 11.8. The quantitative estimate of drug-likeness (QED) is 0.766. The van der Waals surface area contributed by atoms with E-state index in [-0.39, 0.29) is 18.7 Å². The summed E-state index contributed by atoms with van der Waals surface area (Å²) in [5.74, 6) is 0.755. The van der Waals surface area contributed by atoms with Crippen molar-refractivity contribution in [2.75, 3.05) is 11.9 Å². The fourth-order valence-electron chi connectivity index (χ4n) is 2.04. The van der Waals surface area contributed by atoms with Crippen LogP contribution in [0.1, 0.15) is 25.5 Å². The van der Waals surface area contributed by atoms with Gasteiger partial charge in [0.05, 0.1) is 12.2 Å². The Labute approximate surface area is 136 Å². The van der Waals surface area contributed by atoms with Crippen LogP contribution in [-0.2, 0) is 0 Å². The summed E-state index contributed by atoms with van der Waals surface area (Å²) in [4.78, 5) is 11.8. The molecule has 1 unspecified atom stereocenters. The molecule has 5 nitrogen and oxygen atoms in total. The molecule has 0 saturated heterocycles. The highest BCUT2D eigenvalue weighted by atomic mass is 16.5. The number of rotatable bonds is 6. The zero-order valence-corrected chi connectivity index (χ0v) is 13.3. The molecule has 5 heteroatoms. The van der Waals surface area contributed by atoms with Crippen LogP contribution in [0.2, 0.25) is 0 Å². The van der Waals surface area contributed by atoms with Gasteiger partial charge in [0.25, 0.3) is 0 Å². The summed E-state index contributed by atoms with van der Waals surface area (Å²) in [6.45, 7) is 4.04. The van der Waals surface area contributed by atoms with Crippen molar-refractivity contribution in [2.45, 2.75) is 26.1 Å². The Morgan fingerprint density at radius 2 is 1.74 bits per heavy atom. The van der Waals surface area contributed by atoms with Crippen molar-refractivity contribution in [1.82, 2.24) is 5.32 Å². The normalized spacial score (nSPS) is 11.8. The summed E-state index contributed by atoms with van der Waals surface area (Å²) in [6, 6.07) is 16.0. The van der Waals surface area contributed by atoms with Gasteiger partial charge in [0.1, 0.15) is 5.75 Å². The van der Waals surface area contributed by atoms with E-state index < -0.39 is 6.10 Å². The lowest BCUT2D eigenvalue weighted by atomic mass is 10.1. The van der Waals surface area contributed by atoms with Gasteiger partial charge in [0, 0.05) is 12.2 Å². The third kappa shape index (κ3) is 5.64. The zero-order valence-electron chi connectivity index (χ0n) is 13.3. The second kappa shape index (κ2) is 8.19. The largest absolute Gasteiger partial charge is 0.491 e. The van der Waals surface area contributed by atoms with Gasteiger partial charge in [0.15, 0.2) is 0 Å². The van der Waals surface area contributed by atoms with E-state index >= 15 is 0 Å². The fraction of sp³-hybridized carbons (Fsp3) is 0.278. The Balaban J connectivity index is 1.82. The first-order chi connectivity index (χ1) is 11.0. The number of carbonyl (C=O) groups excluding carboxylic acids is 1. The van der Waals surface area contributed by atoms with Gasteiger partial charge in [-0.3, -0.25) is 0 Å². The first-order valence-corrected chi connectivity index (χ1v) is 7.59. The molecule has 0 aliphatic rings. The van der Waals surface area contributed by atoms with E-state index in [1.807, 2.05) is 44.2 Å². The van der Waals surface area contributed by atoms with E-state index in [0.29, 0.717) is 5.69 Å². The Kier molecular flexibility index (Phi) is 6.00. The summed E-state index contributed by atoms with van der Waals surface area (Å²) < 4.78 is 5.55. The number of hydrogen-bond acceptors (Lipinski definition) is 3. The van der Waals surface area contributed by atoms with Crippen molar-refractivity contribution in [2.24, 2.45) is 0 Å². The third-order valence-electron chi connectivity index (χ3n) is 3.12. The first kappa shape index (κ1) is 16.8. The van der Waals surface area contributed by atoms with E-state index in [1.165, 1.54) is 0 Å². The lowest BCUT2D eigenvalue weighted by Crippen LogP contribution is -2.32. The van der Waals surface area contributed by atoms with E-state index in [0.717, 1.165) is 11.3 Å². The molecular formula is C18H22N2O3. The van der Waals surface area contributed by atoms with Crippen LogP contribution in [0.5, 0.6) is 5.75 Å². The van der Waals surface area contributed by atoms with Gasteiger partial charge in [-0.05, 0) is 43.7 Å². The zero-order chi connectivity index (χ0) is 16.7. The van der Waals surface area contributed by atoms with Crippen LogP contribution < -0.4 is 15.4 Å². The minimum absolute atomic E-state index is 0.106. The summed E-state index contributed by atoms with van der Waals surface area (Å²) in [7, 11) is 0. The molecule has 0 heterocycles. The van der Waals surface area contributed by atoms with E-state index in [4.69, 9.17) is 4.74 Å². The number of carbonyl (C=O) groups is 1. The minimum Gasteiger partial charge on any atom is -0.491 e. The summed E-state index contributed by atoms with van der Waals surface area (Å²) in [5.41, 5.74) is 1.43. The van der Waals surface area contributed by atoms with E-state index in [9.17, 15) is 9.90 Å².